The van der Waals surface area contributed by atoms with E-state index < -0.39 is 0 Å². The van der Waals surface area contributed by atoms with Crippen molar-refractivity contribution in [1.82, 2.24) is 5.32 Å². The van der Waals surface area contributed by atoms with E-state index in [0.717, 1.165) is 18.4 Å². The van der Waals surface area contributed by atoms with Gasteiger partial charge in [0.05, 0.1) is 6.42 Å². The van der Waals surface area contributed by atoms with Gasteiger partial charge in [-0.25, -0.2) is 0 Å². The summed E-state index contributed by atoms with van der Waals surface area (Å²) in [6.07, 6.45) is 2.22. The minimum Gasteiger partial charge on any atom is -0.353 e. The standard InChI is InChI=1S/C14H22N2O/c1-3-13(8-9-15)16-14(17)10-12-6-4-11(2)5-7-12/h4-7,13H,3,8-10,15H2,1-2H3,(H,16,17). The summed E-state index contributed by atoms with van der Waals surface area (Å²) in [5.74, 6) is 0.0779. The van der Waals surface area contributed by atoms with Crippen LogP contribution in [0.2, 0.25) is 0 Å². The Labute approximate surface area is 103 Å². The lowest BCUT2D eigenvalue weighted by Gasteiger charge is -2.15. The molecule has 1 atom stereocenters. The monoisotopic (exact) mass is 234 g/mol. The Morgan fingerprint density at radius 2 is 2.00 bits per heavy atom. The van der Waals surface area contributed by atoms with Crippen LogP contribution in [0.1, 0.15) is 30.9 Å². The zero-order valence-electron chi connectivity index (χ0n) is 10.7. The van der Waals surface area contributed by atoms with E-state index in [2.05, 4.69) is 12.2 Å². The Morgan fingerprint density at radius 1 is 1.35 bits per heavy atom. The molecule has 1 aromatic rings. The second-order valence-corrected chi connectivity index (χ2v) is 4.41. The Hall–Kier alpha value is -1.35. The molecule has 94 valence electrons. The SMILES string of the molecule is CCC(CCN)NC(=O)Cc1ccc(C)cc1. The van der Waals surface area contributed by atoms with E-state index in [1.165, 1.54) is 5.56 Å². The van der Waals surface area contributed by atoms with Gasteiger partial charge in [0, 0.05) is 6.04 Å². The van der Waals surface area contributed by atoms with Crippen molar-refractivity contribution in [1.29, 1.82) is 0 Å². The predicted octanol–water partition coefficient (Wildman–Crippen LogP) is 1.78. The number of amides is 1. The van der Waals surface area contributed by atoms with E-state index in [-0.39, 0.29) is 11.9 Å². The quantitative estimate of drug-likeness (QED) is 0.788. The maximum absolute atomic E-state index is 11.8. The molecule has 17 heavy (non-hydrogen) atoms. The molecule has 3 nitrogen and oxygen atoms in total. The van der Waals surface area contributed by atoms with Gasteiger partial charge in [-0.05, 0) is 31.9 Å². The summed E-state index contributed by atoms with van der Waals surface area (Å²) in [6.45, 7) is 4.72. The van der Waals surface area contributed by atoms with Gasteiger partial charge >= 0.3 is 0 Å². The summed E-state index contributed by atoms with van der Waals surface area (Å²) in [5, 5.41) is 3.01. The predicted molar refractivity (Wildman–Crippen MR) is 70.8 cm³/mol. The minimum absolute atomic E-state index is 0.0779. The topological polar surface area (TPSA) is 55.1 Å². The van der Waals surface area contributed by atoms with E-state index in [4.69, 9.17) is 5.73 Å². The van der Waals surface area contributed by atoms with Gasteiger partial charge in [-0.2, -0.15) is 0 Å². The van der Waals surface area contributed by atoms with E-state index in [9.17, 15) is 4.79 Å². The smallest absolute Gasteiger partial charge is 0.224 e. The zero-order valence-corrected chi connectivity index (χ0v) is 10.7. The molecular weight excluding hydrogens is 212 g/mol. The Morgan fingerprint density at radius 3 is 2.53 bits per heavy atom. The lowest BCUT2D eigenvalue weighted by atomic mass is 10.1. The molecule has 0 aromatic heterocycles. The van der Waals surface area contributed by atoms with Gasteiger partial charge in [0.1, 0.15) is 0 Å². The van der Waals surface area contributed by atoms with Crippen molar-refractivity contribution >= 4 is 5.91 Å². The second kappa shape index (κ2) is 7.07. The maximum Gasteiger partial charge on any atom is 0.224 e. The molecule has 0 radical (unpaired) electrons. The van der Waals surface area contributed by atoms with Crippen LogP contribution in [-0.2, 0) is 11.2 Å². The molecule has 0 fully saturated rings. The van der Waals surface area contributed by atoms with Crippen molar-refractivity contribution in [2.75, 3.05) is 6.54 Å². The van der Waals surface area contributed by atoms with Crippen LogP contribution in [0, 0.1) is 6.92 Å². The number of carbonyl (C=O) groups excluding carboxylic acids is 1. The fourth-order valence-corrected chi connectivity index (χ4v) is 1.75. The van der Waals surface area contributed by atoms with Crippen molar-refractivity contribution in [3.05, 3.63) is 35.4 Å². The summed E-state index contributed by atoms with van der Waals surface area (Å²) in [4.78, 5) is 11.8. The third-order valence-corrected chi connectivity index (χ3v) is 2.86. The number of carbonyl (C=O) groups is 1. The third kappa shape index (κ3) is 5.00. The second-order valence-electron chi connectivity index (χ2n) is 4.41. The summed E-state index contributed by atoms with van der Waals surface area (Å²) >= 11 is 0. The average Bonchev–Trinajstić information content (AvgIpc) is 2.31. The van der Waals surface area contributed by atoms with Crippen LogP contribution in [-0.4, -0.2) is 18.5 Å². The van der Waals surface area contributed by atoms with Gasteiger partial charge in [0.25, 0.3) is 0 Å². The molecule has 0 aliphatic carbocycles. The molecule has 1 rings (SSSR count). The lowest BCUT2D eigenvalue weighted by molar-refractivity contribution is -0.121. The number of nitrogens with two attached hydrogens (primary N) is 1. The first-order valence-corrected chi connectivity index (χ1v) is 6.20. The van der Waals surface area contributed by atoms with Crippen LogP contribution in [0.4, 0.5) is 0 Å². The average molecular weight is 234 g/mol. The maximum atomic E-state index is 11.8. The third-order valence-electron chi connectivity index (χ3n) is 2.86. The van der Waals surface area contributed by atoms with Crippen LogP contribution in [0.25, 0.3) is 0 Å². The number of benzene rings is 1. The molecule has 0 bridgehead atoms. The fourth-order valence-electron chi connectivity index (χ4n) is 1.75. The van der Waals surface area contributed by atoms with Crippen molar-refractivity contribution in [3.8, 4) is 0 Å². The van der Waals surface area contributed by atoms with Crippen LogP contribution in [0.3, 0.4) is 0 Å². The minimum atomic E-state index is 0.0779. The van der Waals surface area contributed by atoms with Crippen molar-refractivity contribution in [2.45, 2.75) is 39.2 Å². The van der Waals surface area contributed by atoms with Gasteiger partial charge in [-0.15, -0.1) is 0 Å². The van der Waals surface area contributed by atoms with E-state index in [1.807, 2.05) is 31.2 Å². The van der Waals surface area contributed by atoms with Gasteiger partial charge in [0.2, 0.25) is 5.91 Å². The van der Waals surface area contributed by atoms with Gasteiger partial charge in [0.15, 0.2) is 0 Å². The molecule has 0 heterocycles. The molecule has 0 saturated carbocycles. The fraction of sp³-hybridized carbons (Fsp3) is 0.500. The highest BCUT2D eigenvalue weighted by Crippen LogP contribution is 2.04. The summed E-state index contributed by atoms with van der Waals surface area (Å²) < 4.78 is 0. The van der Waals surface area contributed by atoms with Crippen LogP contribution in [0.5, 0.6) is 0 Å². The lowest BCUT2D eigenvalue weighted by Crippen LogP contribution is -2.36. The summed E-state index contributed by atoms with van der Waals surface area (Å²) in [6, 6.07) is 8.26. The van der Waals surface area contributed by atoms with Crippen LogP contribution >= 0.6 is 0 Å². The van der Waals surface area contributed by atoms with Crippen LogP contribution in [0.15, 0.2) is 24.3 Å². The number of rotatable bonds is 6. The van der Waals surface area contributed by atoms with Gasteiger partial charge < -0.3 is 11.1 Å². The van der Waals surface area contributed by atoms with Gasteiger partial charge in [-0.3, -0.25) is 4.79 Å². The first kappa shape index (κ1) is 13.7. The number of hydrogen-bond donors (Lipinski definition) is 2. The molecule has 3 N–H and O–H groups in total. The molecule has 1 amide bonds. The van der Waals surface area contributed by atoms with Crippen molar-refractivity contribution in [2.24, 2.45) is 5.73 Å². The summed E-state index contributed by atoms with van der Waals surface area (Å²) in [5.41, 5.74) is 7.76. The normalized spacial score (nSPS) is 12.2. The van der Waals surface area contributed by atoms with E-state index in [0.29, 0.717) is 13.0 Å². The highest BCUT2D eigenvalue weighted by molar-refractivity contribution is 5.78. The molecule has 0 aliphatic heterocycles. The van der Waals surface area contributed by atoms with E-state index >= 15 is 0 Å². The molecular formula is C14H22N2O. The number of nitrogens with one attached hydrogen (secondary N) is 1. The highest BCUT2D eigenvalue weighted by Gasteiger charge is 2.09. The van der Waals surface area contributed by atoms with Crippen molar-refractivity contribution in [3.63, 3.8) is 0 Å². The highest BCUT2D eigenvalue weighted by atomic mass is 16.1. The Bertz CT molecular complexity index is 346. The largest absolute Gasteiger partial charge is 0.353 e. The Balaban J connectivity index is 2.46. The van der Waals surface area contributed by atoms with Gasteiger partial charge in [-0.1, -0.05) is 36.8 Å². The Kier molecular flexibility index (Phi) is 5.70. The molecule has 0 saturated heterocycles. The molecule has 1 aromatic carbocycles. The first-order valence-electron chi connectivity index (χ1n) is 6.20. The molecule has 1 unspecified atom stereocenters. The van der Waals surface area contributed by atoms with Crippen LogP contribution < -0.4 is 11.1 Å². The zero-order chi connectivity index (χ0) is 12.7. The molecule has 0 aliphatic rings. The van der Waals surface area contributed by atoms with E-state index in [1.54, 1.807) is 0 Å². The van der Waals surface area contributed by atoms with Crippen molar-refractivity contribution < 1.29 is 4.79 Å². The molecule has 0 spiro atoms. The number of hydrogen-bond acceptors (Lipinski definition) is 2. The molecule has 3 heteroatoms. The first-order chi connectivity index (χ1) is 8.15. The summed E-state index contributed by atoms with van der Waals surface area (Å²) in [7, 11) is 0. The number of aryl methyl sites for hydroxylation is 1.